The van der Waals surface area contributed by atoms with Crippen LogP contribution >= 0.6 is 0 Å². The third kappa shape index (κ3) is 3.50. The van der Waals surface area contributed by atoms with Crippen molar-refractivity contribution in [1.29, 1.82) is 0 Å². The highest BCUT2D eigenvalue weighted by Gasteiger charge is 2.16. The Morgan fingerprint density at radius 1 is 1.08 bits per heavy atom. The van der Waals surface area contributed by atoms with Crippen LogP contribution in [0.4, 0.5) is 0 Å². The Morgan fingerprint density at radius 2 is 1.84 bits per heavy atom. The van der Waals surface area contributed by atoms with Gasteiger partial charge in [-0.25, -0.2) is 0 Å². The number of fused-ring (bicyclic) bond motifs is 1. The number of hydrogen-bond donors (Lipinski definition) is 1. The van der Waals surface area contributed by atoms with Gasteiger partial charge in [0.05, 0.1) is 11.1 Å². The van der Waals surface area contributed by atoms with E-state index < -0.39 is 5.91 Å². The van der Waals surface area contributed by atoms with E-state index in [2.05, 4.69) is 4.98 Å². The van der Waals surface area contributed by atoms with Gasteiger partial charge in [-0.2, -0.15) is 0 Å². The van der Waals surface area contributed by atoms with Gasteiger partial charge in [0, 0.05) is 30.2 Å². The summed E-state index contributed by atoms with van der Waals surface area (Å²) in [6.45, 7) is 2.28. The molecule has 0 spiro atoms. The number of amides is 2. The first kappa shape index (κ1) is 16.6. The van der Waals surface area contributed by atoms with Crippen molar-refractivity contribution in [3.63, 3.8) is 0 Å². The summed E-state index contributed by atoms with van der Waals surface area (Å²) in [5.41, 5.74) is 8.72. The van der Waals surface area contributed by atoms with E-state index in [1.54, 1.807) is 36.2 Å². The molecule has 0 aliphatic carbocycles. The van der Waals surface area contributed by atoms with Gasteiger partial charge in [-0.1, -0.05) is 30.3 Å². The lowest BCUT2D eigenvalue weighted by Gasteiger charge is -2.18. The molecule has 0 unspecified atom stereocenters. The fourth-order valence-corrected chi connectivity index (χ4v) is 2.79. The predicted molar refractivity (Wildman–Crippen MR) is 97.2 cm³/mol. The average Bonchev–Trinajstić information content (AvgIpc) is 2.60. The number of aromatic nitrogens is 1. The highest BCUT2D eigenvalue weighted by atomic mass is 16.2. The van der Waals surface area contributed by atoms with E-state index in [0.717, 1.165) is 16.6 Å². The molecule has 0 atom stereocenters. The minimum absolute atomic E-state index is 0.117. The normalized spacial score (nSPS) is 10.6. The molecule has 5 heteroatoms. The lowest BCUT2D eigenvalue weighted by atomic mass is 10.1. The van der Waals surface area contributed by atoms with Gasteiger partial charge in [-0.3, -0.25) is 14.6 Å². The van der Waals surface area contributed by atoms with Crippen molar-refractivity contribution in [3.8, 4) is 0 Å². The fourth-order valence-electron chi connectivity index (χ4n) is 2.79. The maximum atomic E-state index is 12.9. The number of carbonyl (C=O) groups is 2. The van der Waals surface area contributed by atoms with E-state index in [1.807, 2.05) is 37.3 Å². The van der Waals surface area contributed by atoms with E-state index in [4.69, 9.17) is 5.73 Å². The lowest BCUT2D eigenvalue weighted by Crippen LogP contribution is -2.26. The Labute approximate surface area is 146 Å². The van der Waals surface area contributed by atoms with Gasteiger partial charge in [0.25, 0.3) is 5.91 Å². The SMILES string of the molecule is Cc1ccc2cccc(C(=O)N(C)Cc3cccc(C(N)=O)c3)c2n1. The zero-order chi connectivity index (χ0) is 18.0. The highest BCUT2D eigenvalue weighted by Crippen LogP contribution is 2.19. The monoisotopic (exact) mass is 333 g/mol. The zero-order valence-electron chi connectivity index (χ0n) is 14.2. The molecule has 0 fully saturated rings. The first-order chi connectivity index (χ1) is 12.0. The van der Waals surface area contributed by atoms with Gasteiger partial charge >= 0.3 is 0 Å². The van der Waals surface area contributed by atoms with E-state index >= 15 is 0 Å². The molecule has 2 amide bonds. The number of nitrogens with two attached hydrogens (primary N) is 1. The van der Waals surface area contributed by atoms with Gasteiger partial charge in [0.1, 0.15) is 0 Å². The maximum absolute atomic E-state index is 12.9. The van der Waals surface area contributed by atoms with Crippen LogP contribution < -0.4 is 5.73 Å². The van der Waals surface area contributed by atoms with Gasteiger partial charge in [-0.05, 0) is 36.8 Å². The molecule has 25 heavy (non-hydrogen) atoms. The molecule has 1 aromatic heterocycles. The molecule has 0 aliphatic rings. The summed E-state index contributed by atoms with van der Waals surface area (Å²) >= 11 is 0. The van der Waals surface area contributed by atoms with Crippen LogP contribution in [0.25, 0.3) is 10.9 Å². The van der Waals surface area contributed by atoms with E-state index in [-0.39, 0.29) is 5.91 Å². The molecule has 0 radical (unpaired) electrons. The van der Waals surface area contributed by atoms with E-state index in [0.29, 0.717) is 23.2 Å². The number of benzene rings is 2. The Kier molecular flexibility index (Phi) is 4.48. The molecule has 0 aliphatic heterocycles. The van der Waals surface area contributed by atoms with Gasteiger partial charge in [0.15, 0.2) is 0 Å². The molecule has 0 saturated carbocycles. The van der Waals surface area contributed by atoms with Crippen LogP contribution in [0.1, 0.15) is 32.0 Å². The molecular formula is C20H19N3O2. The Morgan fingerprint density at radius 3 is 2.60 bits per heavy atom. The van der Waals surface area contributed by atoms with Crippen LogP contribution in [0.2, 0.25) is 0 Å². The van der Waals surface area contributed by atoms with Gasteiger partial charge < -0.3 is 10.6 Å². The second-order valence-electron chi connectivity index (χ2n) is 6.06. The van der Waals surface area contributed by atoms with Crippen molar-refractivity contribution in [3.05, 3.63) is 77.0 Å². The van der Waals surface area contributed by atoms with Crippen LogP contribution in [0.3, 0.4) is 0 Å². The largest absolute Gasteiger partial charge is 0.366 e. The number of aryl methyl sites for hydroxylation is 1. The molecule has 2 aromatic carbocycles. The molecule has 3 aromatic rings. The Balaban J connectivity index is 1.89. The Hall–Kier alpha value is -3.21. The standard InChI is InChI=1S/C20H19N3O2/c1-13-9-10-15-6-4-8-17(18(15)22-13)20(25)23(2)12-14-5-3-7-16(11-14)19(21)24/h3-11H,12H2,1-2H3,(H2,21,24). The summed E-state index contributed by atoms with van der Waals surface area (Å²) in [4.78, 5) is 30.3. The summed E-state index contributed by atoms with van der Waals surface area (Å²) in [5, 5.41) is 0.931. The number of para-hydroxylation sites is 1. The number of nitrogens with zero attached hydrogens (tertiary/aromatic N) is 2. The first-order valence-electron chi connectivity index (χ1n) is 7.96. The summed E-state index contributed by atoms with van der Waals surface area (Å²) in [5.74, 6) is -0.599. The third-order valence-corrected chi connectivity index (χ3v) is 4.07. The fraction of sp³-hybridized carbons (Fsp3) is 0.150. The second-order valence-corrected chi connectivity index (χ2v) is 6.06. The summed E-state index contributed by atoms with van der Waals surface area (Å²) in [6.07, 6.45) is 0. The van der Waals surface area contributed by atoms with E-state index in [9.17, 15) is 9.59 Å². The Bertz CT molecular complexity index is 966. The van der Waals surface area contributed by atoms with Crippen LogP contribution in [0, 0.1) is 6.92 Å². The van der Waals surface area contributed by atoms with Gasteiger partial charge in [-0.15, -0.1) is 0 Å². The molecular weight excluding hydrogens is 314 g/mol. The molecule has 0 bridgehead atoms. The number of carbonyl (C=O) groups excluding carboxylic acids is 2. The first-order valence-corrected chi connectivity index (χ1v) is 7.96. The second kappa shape index (κ2) is 6.73. The summed E-state index contributed by atoms with van der Waals surface area (Å²) in [6, 6.07) is 16.5. The number of pyridine rings is 1. The van der Waals surface area contributed by atoms with Crippen molar-refractivity contribution in [2.75, 3.05) is 7.05 Å². The molecule has 2 N–H and O–H groups in total. The van der Waals surface area contributed by atoms with Crippen LogP contribution in [0.5, 0.6) is 0 Å². The minimum Gasteiger partial charge on any atom is -0.366 e. The number of hydrogen-bond acceptors (Lipinski definition) is 3. The minimum atomic E-state index is -0.482. The van der Waals surface area contributed by atoms with Crippen LogP contribution in [-0.4, -0.2) is 28.7 Å². The predicted octanol–water partition coefficient (Wildman–Crippen LogP) is 2.91. The molecule has 5 nitrogen and oxygen atoms in total. The smallest absolute Gasteiger partial charge is 0.256 e. The topological polar surface area (TPSA) is 76.3 Å². The molecule has 126 valence electrons. The average molecular weight is 333 g/mol. The van der Waals surface area contributed by atoms with E-state index in [1.165, 1.54) is 0 Å². The third-order valence-electron chi connectivity index (χ3n) is 4.07. The van der Waals surface area contributed by atoms with Crippen molar-refractivity contribution in [2.45, 2.75) is 13.5 Å². The zero-order valence-corrected chi connectivity index (χ0v) is 14.2. The van der Waals surface area contributed by atoms with Crippen LogP contribution in [0.15, 0.2) is 54.6 Å². The van der Waals surface area contributed by atoms with Crippen LogP contribution in [-0.2, 0) is 6.54 Å². The number of rotatable bonds is 4. The maximum Gasteiger partial charge on any atom is 0.256 e. The van der Waals surface area contributed by atoms with Crippen molar-refractivity contribution in [2.24, 2.45) is 5.73 Å². The molecule has 3 rings (SSSR count). The van der Waals surface area contributed by atoms with Crippen molar-refractivity contribution >= 4 is 22.7 Å². The quantitative estimate of drug-likeness (QED) is 0.797. The highest BCUT2D eigenvalue weighted by molar-refractivity contribution is 6.05. The van der Waals surface area contributed by atoms with Gasteiger partial charge in [0.2, 0.25) is 5.91 Å². The number of primary amides is 1. The summed E-state index contributed by atoms with van der Waals surface area (Å²) < 4.78 is 0. The summed E-state index contributed by atoms with van der Waals surface area (Å²) in [7, 11) is 1.73. The molecule has 0 saturated heterocycles. The van der Waals surface area contributed by atoms with Crippen molar-refractivity contribution < 1.29 is 9.59 Å². The van der Waals surface area contributed by atoms with Crippen molar-refractivity contribution in [1.82, 2.24) is 9.88 Å². The molecule has 1 heterocycles. The lowest BCUT2D eigenvalue weighted by molar-refractivity contribution is 0.0787.